The van der Waals surface area contributed by atoms with E-state index in [4.69, 9.17) is 4.52 Å². The summed E-state index contributed by atoms with van der Waals surface area (Å²) in [5.74, 6) is 0.792. The van der Waals surface area contributed by atoms with Crippen LogP contribution in [0.1, 0.15) is 26.2 Å². The smallest absolute Gasteiger partial charge is 0.246 e. The molecule has 132 valence electrons. The molecule has 0 aliphatic carbocycles. The van der Waals surface area contributed by atoms with Gasteiger partial charge in [0.2, 0.25) is 23.5 Å². The van der Waals surface area contributed by atoms with Crippen molar-refractivity contribution in [2.75, 3.05) is 13.1 Å². The van der Waals surface area contributed by atoms with Crippen molar-refractivity contribution in [3.63, 3.8) is 0 Å². The van der Waals surface area contributed by atoms with Crippen LogP contribution in [0.5, 0.6) is 0 Å². The van der Waals surface area contributed by atoms with Crippen molar-refractivity contribution in [3.8, 4) is 11.4 Å². The molecule has 2 heterocycles. The van der Waals surface area contributed by atoms with Gasteiger partial charge in [-0.25, -0.2) is 0 Å². The third-order valence-electron chi connectivity index (χ3n) is 4.08. The molecule has 1 aliphatic heterocycles. The van der Waals surface area contributed by atoms with Gasteiger partial charge in [-0.3, -0.25) is 9.59 Å². The van der Waals surface area contributed by atoms with Crippen LogP contribution >= 0.6 is 0 Å². The number of aromatic nitrogens is 2. The van der Waals surface area contributed by atoms with E-state index in [-0.39, 0.29) is 30.7 Å². The molecule has 1 aliphatic rings. The van der Waals surface area contributed by atoms with E-state index < -0.39 is 0 Å². The molecule has 1 unspecified atom stereocenters. The molecular formula is C18H22N4O3. The van der Waals surface area contributed by atoms with Crippen LogP contribution < -0.4 is 5.32 Å². The highest BCUT2D eigenvalue weighted by atomic mass is 16.5. The van der Waals surface area contributed by atoms with Gasteiger partial charge in [0.1, 0.15) is 0 Å². The van der Waals surface area contributed by atoms with E-state index in [9.17, 15) is 9.59 Å². The van der Waals surface area contributed by atoms with E-state index in [1.807, 2.05) is 30.3 Å². The number of carbonyl (C=O) groups excluding carboxylic acids is 2. The molecule has 1 aromatic heterocycles. The van der Waals surface area contributed by atoms with Gasteiger partial charge in [-0.15, -0.1) is 0 Å². The summed E-state index contributed by atoms with van der Waals surface area (Å²) in [4.78, 5) is 30.3. The maximum atomic E-state index is 12.3. The fourth-order valence-electron chi connectivity index (χ4n) is 2.90. The van der Waals surface area contributed by atoms with E-state index in [2.05, 4.69) is 29.3 Å². The third-order valence-corrected chi connectivity index (χ3v) is 4.08. The summed E-state index contributed by atoms with van der Waals surface area (Å²) in [5, 5.41) is 6.70. The highest BCUT2D eigenvalue weighted by molar-refractivity contribution is 5.89. The fourth-order valence-corrected chi connectivity index (χ4v) is 2.90. The van der Waals surface area contributed by atoms with Crippen molar-refractivity contribution in [2.45, 2.75) is 26.8 Å². The average molecular weight is 342 g/mol. The van der Waals surface area contributed by atoms with Crippen LogP contribution in [0.15, 0.2) is 34.9 Å². The normalized spacial score (nSPS) is 17.3. The summed E-state index contributed by atoms with van der Waals surface area (Å²) in [5.41, 5.74) is 0.856. The predicted molar refractivity (Wildman–Crippen MR) is 91.1 cm³/mol. The van der Waals surface area contributed by atoms with Crippen molar-refractivity contribution in [1.29, 1.82) is 0 Å². The summed E-state index contributed by atoms with van der Waals surface area (Å²) < 4.78 is 5.17. The van der Waals surface area contributed by atoms with Gasteiger partial charge in [-0.05, 0) is 5.92 Å². The first kappa shape index (κ1) is 17.1. The first-order chi connectivity index (χ1) is 12.0. The van der Waals surface area contributed by atoms with Crippen LogP contribution in [-0.4, -0.2) is 39.9 Å². The predicted octanol–water partition coefficient (Wildman–Crippen LogP) is 1.86. The topological polar surface area (TPSA) is 88.3 Å². The SMILES string of the molecule is CC(C)CN1CC(C(=O)NCc2nc(-c3ccccc3)no2)CC1=O. The number of nitrogens with one attached hydrogen (secondary N) is 1. The van der Waals surface area contributed by atoms with Gasteiger partial charge in [0.25, 0.3) is 0 Å². The van der Waals surface area contributed by atoms with E-state index >= 15 is 0 Å². The molecule has 3 rings (SSSR count). The lowest BCUT2D eigenvalue weighted by atomic mass is 10.1. The van der Waals surface area contributed by atoms with Gasteiger partial charge < -0.3 is 14.7 Å². The zero-order chi connectivity index (χ0) is 17.8. The van der Waals surface area contributed by atoms with Gasteiger partial charge >= 0.3 is 0 Å². The Morgan fingerprint density at radius 3 is 2.84 bits per heavy atom. The Labute approximate surface area is 146 Å². The van der Waals surface area contributed by atoms with Crippen molar-refractivity contribution < 1.29 is 14.1 Å². The largest absolute Gasteiger partial charge is 0.347 e. The van der Waals surface area contributed by atoms with E-state index in [1.165, 1.54) is 0 Å². The molecular weight excluding hydrogens is 320 g/mol. The third kappa shape index (κ3) is 4.23. The number of nitrogens with zero attached hydrogens (tertiary/aromatic N) is 3. The second-order valence-corrected chi connectivity index (χ2v) is 6.69. The number of hydrogen-bond acceptors (Lipinski definition) is 5. The molecule has 7 heteroatoms. The molecule has 1 fully saturated rings. The molecule has 2 amide bonds. The lowest BCUT2D eigenvalue weighted by Gasteiger charge is -2.18. The van der Waals surface area contributed by atoms with Crippen LogP contribution in [0, 0.1) is 11.8 Å². The monoisotopic (exact) mass is 342 g/mol. The Bertz CT molecular complexity index is 742. The van der Waals surface area contributed by atoms with E-state index in [1.54, 1.807) is 4.90 Å². The minimum Gasteiger partial charge on any atom is -0.347 e. The summed E-state index contributed by atoms with van der Waals surface area (Å²) in [6.45, 7) is 5.43. The zero-order valence-corrected chi connectivity index (χ0v) is 14.4. The second-order valence-electron chi connectivity index (χ2n) is 6.69. The second kappa shape index (κ2) is 7.46. The number of likely N-dealkylation sites (tertiary alicyclic amines) is 1. The highest BCUT2D eigenvalue weighted by Crippen LogP contribution is 2.19. The van der Waals surface area contributed by atoms with Gasteiger partial charge in [0.05, 0.1) is 12.5 Å². The number of amides is 2. The number of benzene rings is 1. The lowest BCUT2D eigenvalue weighted by Crippen LogP contribution is -2.33. The van der Waals surface area contributed by atoms with Crippen LogP contribution in [0.3, 0.4) is 0 Å². The summed E-state index contributed by atoms with van der Waals surface area (Å²) in [6, 6.07) is 9.48. The molecule has 25 heavy (non-hydrogen) atoms. The standard InChI is InChI=1S/C18H22N4O3/c1-12(2)10-22-11-14(8-16(22)23)18(24)19-9-15-20-17(21-25-15)13-6-4-3-5-7-13/h3-7,12,14H,8-11H2,1-2H3,(H,19,24). The molecule has 0 radical (unpaired) electrons. The van der Waals surface area contributed by atoms with Crippen LogP contribution in [0.4, 0.5) is 0 Å². The Kier molecular flexibility index (Phi) is 5.11. The highest BCUT2D eigenvalue weighted by Gasteiger charge is 2.34. The Hall–Kier alpha value is -2.70. The minimum absolute atomic E-state index is 0.0398. The fraction of sp³-hybridized carbons (Fsp3) is 0.444. The van der Waals surface area contributed by atoms with Crippen LogP contribution in [-0.2, 0) is 16.1 Å². The molecule has 7 nitrogen and oxygen atoms in total. The summed E-state index contributed by atoms with van der Waals surface area (Å²) in [7, 11) is 0. The molecule has 1 atom stereocenters. The summed E-state index contributed by atoms with van der Waals surface area (Å²) >= 11 is 0. The molecule has 1 saturated heterocycles. The molecule has 0 saturated carbocycles. The number of hydrogen-bond donors (Lipinski definition) is 1. The van der Waals surface area contributed by atoms with Crippen molar-refractivity contribution in [1.82, 2.24) is 20.4 Å². The Balaban J connectivity index is 1.53. The van der Waals surface area contributed by atoms with Crippen molar-refractivity contribution >= 4 is 11.8 Å². The Morgan fingerprint density at radius 1 is 1.36 bits per heavy atom. The lowest BCUT2D eigenvalue weighted by molar-refractivity contribution is -0.129. The van der Waals surface area contributed by atoms with Gasteiger partial charge in [0.15, 0.2) is 0 Å². The first-order valence-corrected chi connectivity index (χ1v) is 8.46. The van der Waals surface area contributed by atoms with Crippen molar-refractivity contribution in [2.24, 2.45) is 11.8 Å². The van der Waals surface area contributed by atoms with Gasteiger partial charge in [0, 0.05) is 25.1 Å². The Morgan fingerprint density at radius 2 is 2.12 bits per heavy atom. The number of rotatable bonds is 6. The maximum Gasteiger partial charge on any atom is 0.246 e. The maximum absolute atomic E-state index is 12.3. The first-order valence-electron chi connectivity index (χ1n) is 8.46. The van der Waals surface area contributed by atoms with E-state index in [0.717, 1.165) is 5.56 Å². The average Bonchev–Trinajstić information content (AvgIpc) is 3.20. The zero-order valence-electron chi connectivity index (χ0n) is 14.4. The summed E-state index contributed by atoms with van der Waals surface area (Å²) in [6.07, 6.45) is 0.262. The van der Waals surface area contributed by atoms with Crippen LogP contribution in [0.2, 0.25) is 0 Å². The van der Waals surface area contributed by atoms with Crippen molar-refractivity contribution in [3.05, 3.63) is 36.2 Å². The van der Waals surface area contributed by atoms with Gasteiger partial charge in [-0.1, -0.05) is 49.3 Å². The molecule has 2 aromatic rings. The van der Waals surface area contributed by atoms with E-state index in [0.29, 0.717) is 30.7 Å². The minimum atomic E-state index is -0.317. The molecule has 0 bridgehead atoms. The number of carbonyl (C=O) groups is 2. The molecule has 1 N–H and O–H groups in total. The quantitative estimate of drug-likeness (QED) is 0.865. The van der Waals surface area contributed by atoms with Gasteiger partial charge in [-0.2, -0.15) is 4.98 Å². The molecule has 1 aromatic carbocycles. The van der Waals surface area contributed by atoms with Crippen LogP contribution in [0.25, 0.3) is 11.4 Å². The molecule has 0 spiro atoms.